The zero-order valence-corrected chi connectivity index (χ0v) is 12.2. The van der Waals surface area contributed by atoms with Crippen molar-refractivity contribution in [1.82, 2.24) is 0 Å². The summed E-state index contributed by atoms with van der Waals surface area (Å²) in [6.45, 7) is 0.869. The van der Waals surface area contributed by atoms with Gasteiger partial charge in [-0.1, -0.05) is 41.7 Å². The monoisotopic (exact) mass is 303 g/mol. The lowest BCUT2D eigenvalue weighted by molar-refractivity contribution is -0.688. The number of rotatable bonds is 1. The topological polar surface area (TPSA) is 54.1 Å². The summed E-state index contributed by atoms with van der Waals surface area (Å²) in [5.74, 6) is 0.408. The van der Waals surface area contributed by atoms with E-state index < -0.39 is 0 Å². The van der Waals surface area contributed by atoms with E-state index in [0.717, 1.165) is 23.4 Å². The summed E-state index contributed by atoms with van der Waals surface area (Å²) in [6.07, 6.45) is 1.01. The summed E-state index contributed by atoms with van der Waals surface area (Å²) >= 11 is 3.45. The van der Waals surface area contributed by atoms with Crippen molar-refractivity contribution >= 4 is 22.7 Å². The van der Waals surface area contributed by atoms with Crippen LogP contribution in [0.25, 0.3) is 20.3 Å². The third kappa shape index (κ3) is 1.86. The second-order valence-electron chi connectivity index (χ2n) is 4.60. The van der Waals surface area contributed by atoms with E-state index >= 15 is 0 Å². The molecule has 0 saturated heterocycles. The van der Waals surface area contributed by atoms with E-state index in [-0.39, 0.29) is 5.48 Å². The first-order valence-corrected chi connectivity index (χ1v) is 7.92. The quantitative estimate of drug-likeness (QED) is 0.699. The standard InChI is InChI=1S/C15H11NOS2.H2O/c17-14-12(10-4-2-1-3-5-10)19-15-13-11(7-9-18-13)6-8-16(14)15;/h1-5,7,9H,6,8H2;1H2. The molecule has 3 heterocycles. The van der Waals surface area contributed by atoms with Crippen LogP contribution in [0.5, 0.6) is 5.88 Å². The number of aryl methyl sites for hydroxylation is 1. The van der Waals surface area contributed by atoms with Crippen molar-refractivity contribution in [3.05, 3.63) is 47.3 Å². The number of fused-ring (bicyclic) bond motifs is 3. The normalized spacial score (nSPS) is 12.4. The van der Waals surface area contributed by atoms with E-state index in [0.29, 0.717) is 5.88 Å². The Hall–Kier alpha value is -1.69. The molecule has 2 aromatic heterocycles. The maximum absolute atomic E-state index is 10.5. The van der Waals surface area contributed by atoms with E-state index in [9.17, 15) is 5.11 Å². The molecule has 0 fully saturated rings. The highest BCUT2D eigenvalue weighted by Gasteiger charge is 2.33. The molecule has 0 amide bonds. The lowest BCUT2D eigenvalue weighted by Crippen LogP contribution is -2.37. The van der Waals surface area contributed by atoms with Crippen molar-refractivity contribution in [3.63, 3.8) is 0 Å². The molecule has 4 rings (SSSR count). The Labute approximate surface area is 124 Å². The van der Waals surface area contributed by atoms with Crippen molar-refractivity contribution in [1.29, 1.82) is 0 Å². The summed E-state index contributed by atoms with van der Waals surface area (Å²) in [7, 11) is 0. The molecule has 20 heavy (non-hydrogen) atoms. The third-order valence-electron chi connectivity index (χ3n) is 3.48. The van der Waals surface area contributed by atoms with E-state index in [1.807, 2.05) is 34.9 Å². The van der Waals surface area contributed by atoms with E-state index in [1.165, 1.54) is 15.4 Å². The molecule has 5 heteroatoms. The Balaban J connectivity index is 0.00000121. The summed E-state index contributed by atoms with van der Waals surface area (Å²) in [5, 5.41) is 13.8. The molecule has 0 saturated carbocycles. The molecule has 3 aromatic rings. The number of hydrogen-bond acceptors (Lipinski definition) is 4. The Morgan fingerprint density at radius 2 is 1.85 bits per heavy atom. The molecule has 1 aliphatic heterocycles. The Bertz CT molecular complexity index is 747. The third-order valence-corrected chi connectivity index (χ3v) is 5.82. The van der Waals surface area contributed by atoms with Crippen LogP contribution in [-0.2, 0) is 13.0 Å². The predicted molar refractivity (Wildman–Crippen MR) is 80.6 cm³/mol. The molecule has 102 valence electrons. The van der Waals surface area contributed by atoms with Gasteiger partial charge < -0.3 is 10.6 Å². The molecule has 1 aromatic carbocycles. The fourth-order valence-electron chi connectivity index (χ4n) is 2.52. The lowest BCUT2D eigenvalue weighted by Gasteiger charge is -2.05. The molecule has 0 atom stereocenters. The Morgan fingerprint density at radius 1 is 1.05 bits per heavy atom. The Kier molecular flexibility index (Phi) is 3.33. The molecular formula is C15H13NO2S2. The van der Waals surface area contributed by atoms with Crippen LogP contribution in [0.2, 0.25) is 0 Å². The second-order valence-corrected chi connectivity index (χ2v) is 6.52. The van der Waals surface area contributed by atoms with Crippen molar-refractivity contribution in [2.75, 3.05) is 0 Å². The van der Waals surface area contributed by atoms with Gasteiger partial charge in [-0.05, 0) is 17.0 Å². The summed E-state index contributed by atoms with van der Waals surface area (Å²) in [4.78, 5) is 2.28. The van der Waals surface area contributed by atoms with Gasteiger partial charge in [0, 0.05) is 12.0 Å². The van der Waals surface area contributed by atoms with Crippen LogP contribution in [0.1, 0.15) is 5.56 Å². The van der Waals surface area contributed by atoms with Gasteiger partial charge >= 0.3 is 5.88 Å². The maximum Gasteiger partial charge on any atom is 0.385 e. The van der Waals surface area contributed by atoms with Crippen LogP contribution in [0.3, 0.4) is 0 Å². The highest BCUT2D eigenvalue weighted by Crippen LogP contribution is 2.42. The smallest absolute Gasteiger partial charge is 0.385 e. The van der Waals surface area contributed by atoms with Crippen LogP contribution in [-0.4, -0.2) is 10.6 Å². The van der Waals surface area contributed by atoms with Crippen molar-refractivity contribution < 1.29 is 15.1 Å². The number of aromatic hydroxyl groups is 1. The Morgan fingerprint density at radius 3 is 2.65 bits per heavy atom. The highest BCUT2D eigenvalue weighted by molar-refractivity contribution is 7.22. The van der Waals surface area contributed by atoms with Gasteiger partial charge in [0.25, 0.3) is 5.01 Å². The van der Waals surface area contributed by atoms with Crippen molar-refractivity contribution in [2.45, 2.75) is 13.0 Å². The van der Waals surface area contributed by atoms with Gasteiger partial charge in [0.15, 0.2) is 11.4 Å². The number of benzene rings is 1. The number of thiazole rings is 1. The van der Waals surface area contributed by atoms with Crippen molar-refractivity contribution in [3.8, 4) is 26.2 Å². The molecule has 0 aliphatic carbocycles. The molecule has 0 spiro atoms. The molecular weight excluding hydrogens is 290 g/mol. The fourth-order valence-corrected chi connectivity index (χ4v) is 4.85. The van der Waals surface area contributed by atoms with Gasteiger partial charge in [0.05, 0.1) is 0 Å². The SMILES string of the molecule is Oc1c(-c2ccccc2)sc2[n+]1CCc1ccsc1-2.[OH-]. The minimum atomic E-state index is 0. The highest BCUT2D eigenvalue weighted by atomic mass is 32.1. The molecule has 2 N–H and O–H groups in total. The van der Waals surface area contributed by atoms with Gasteiger partial charge in [-0.25, -0.2) is 0 Å². The molecule has 0 bridgehead atoms. The molecule has 1 aliphatic rings. The lowest BCUT2D eigenvalue weighted by atomic mass is 10.1. The first-order valence-electron chi connectivity index (χ1n) is 6.22. The van der Waals surface area contributed by atoms with Crippen LogP contribution < -0.4 is 4.57 Å². The van der Waals surface area contributed by atoms with Gasteiger partial charge in [-0.2, -0.15) is 0 Å². The average Bonchev–Trinajstić information content (AvgIpc) is 3.04. The predicted octanol–water partition coefficient (Wildman–Crippen LogP) is 3.52. The zero-order chi connectivity index (χ0) is 12.8. The van der Waals surface area contributed by atoms with Crippen LogP contribution in [0, 0.1) is 0 Å². The van der Waals surface area contributed by atoms with Crippen LogP contribution in [0.4, 0.5) is 0 Å². The van der Waals surface area contributed by atoms with E-state index in [1.54, 1.807) is 22.7 Å². The molecule has 3 nitrogen and oxygen atoms in total. The van der Waals surface area contributed by atoms with Gasteiger partial charge in [0.1, 0.15) is 4.88 Å². The van der Waals surface area contributed by atoms with Gasteiger partial charge in [0.2, 0.25) is 0 Å². The minimum Gasteiger partial charge on any atom is -0.870 e. The summed E-state index contributed by atoms with van der Waals surface area (Å²) in [5.41, 5.74) is 2.50. The largest absolute Gasteiger partial charge is 0.870 e. The second kappa shape index (κ2) is 5.01. The van der Waals surface area contributed by atoms with Gasteiger partial charge in [-0.15, -0.1) is 15.9 Å². The van der Waals surface area contributed by atoms with E-state index in [2.05, 4.69) is 11.4 Å². The van der Waals surface area contributed by atoms with E-state index in [4.69, 9.17) is 0 Å². The molecule has 0 unspecified atom stereocenters. The fraction of sp³-hybridized carbons (Fsp3) is 0.133. The number of nitrogens with zero attached hydrogens (tertiary/aromatic N) is 1. The van der Waals surface area contributed by atoms with Crippen molar-refractivity contribution in [2.24, 2.45) is 0 Å². The molecule has 0 radical (unpaired) electrons. The first-order chi connectivity index (χ1) is 9.34. The number of hydrogen-bond donors (Lipinski definition) is 1. The van der Waals surface area contributed by atoms with Gasteiger partial charge in [-0.3, -0.25) is 0 Å². The zero-order valence-electron chi connectivity index (χ0n) is 10.6. The van der Waals surface area contributed by atoms with Crippen LogP contribution in [0.15, 0.2) is 41.8 Å². The van der Waals surface area contributed by atoms with Crippen LogP contribution >= 0.6 is 22.7 Å². The summed E-state index contributed by atoms with van der Waals surface area (Å²) < 4.78 is 2.05. The minimum absolute atomic E-state index is 0. The number of aromatic nitrogens is 1. The number of thiophene rings is 1. The first kappa shape index (κ1) is 13.3. The average molecular weight is 303 g/mol. The maximum atomic E-state index is 10.5. The summed E-state index contributed by atoms with van der Waals surface area (Å²) in [6, 6.07) is 12.3.